The molecule has 10 heteroatoms. The van der Waals surface area contributed by atoms with E-state index in [4.69, 9.17) is 24.3 Å². The highest BCUT2D eigenvalue weighted by Gasteiger charge is 2.26. The summed E-state index contributed by atoms with van der Waals surface area (Å²) in [6, 6.07) is 0. The molecule has 2 unspecified atom stereocenters. The Hall–Kier alpha value is -1.51. The highest BCUT2D eigenvalue weighted by atomic mass is 31.2. The molecule has 0 aromatic carbocycles. The Morgan fingerprint density at radius 1 is 0.577 bits per heavy atom. The van der Waals surface area contributed by atoms with Gasteiger partial charge in [0.25, 0.3) is 0 Å². The van der Waals surface area contributed by atoms with Gasteiger partial charge in [-0.25, -0.2) is 4.57 Å². The van der Waals surface area contributed by atoms with Crippen molar-refractivity contribution in [2.45, 2.75) is 206 Å². The summed E-state index contributed by atoms with van der Waals surface area (Å²) >= 11 is 0. The van der Waals surface area contributed by atoms with Crippen molar-refractivity contribution in [3.05, 3.63) is 24.3 Å². The number of hydrogen-bond acceptors (Lipinski definition) is 8. The first-order valence-corrected chi connectivity index (χ1v) is 22.8. The predicted octanol–water partition coefficient (Wildman–Crippen LogP) is 12.0. The van der Waals surface area contributed by atoms with Gasteiger partial charge in [0.05, 0.1) is 13.2 Å². The predicted molar refractivity (Wildman–Crippen MR) is 215 cm³/mol. The Balaban J connectivity index is 4.09. The van der Waals surface area contributed by atoms with Gasteiger partial charge < -0.3 is 20.1 Å². The van der Waals surface area contributed by atoms with Crippen LogP contribution < -0.4 is 5.73 Å². The van der Waals surface area contributed by atoms with E-state index in [-0.39, 0.29) is 38.6 Å². The number of phosphoric ester groups is 1. The summed E-state index contributed by atoms with van der Waals surface area (Å²) < 4.78 is 32.7. The van der Waals surface area contributed by atoms with E-state index in [2.05, 4.69) is 38.2 Å². The van der Waals surface area contributed by atoms with Crippen molar-refractivity contribution in [2.24, 2.45) is 5.73 Å². The molecule has 306 valence electrons. The monoisotopic (exact) mass is 758 g/mol. The van der Waals surface area contributed by atoms with E-state index in [1.807, 2.05) is 0 Å². The molecule has 0 spiro atoms. The average Bonchev–Trinajstić information content (AvgIpc) is 3.13. The minimum atomic E-state index is -4.37. The lowest BCUT2D eigenvalue weighted by Crippen LogP contribution is -2.29. The normalized spacial score (nSPS) is 13.5. The minimum absolute atomic E-state index is 0.0541. The molecule has 0 rings (SSSR count). The lowest BCUT2D eigenvalue weighted by molar-refractivity contribution is -0.161. The molecule has 0 bridgehead atoms. The Bertz CT molecular complexity index is 912. The van der Waals surface area contributed by atoms with Gasteiger partial charge in [-0.1, -0.05) is 167 Å². The number of hydrogen-bond donors (Lipinski definition) is 2. The molecule has 52 heavy (non-hydrogen) atoms. The van der Waals surface area contributed by atoms with Crippen LogP contribution >= 0.6 is 7.82 Å². The number of esters is 2. The van der Waals surface area contributed by atoms with Crippen LogP contribution in [0.5, 0.6) is 0 Å². The SMILES string of the molecule is CCCCCCC/C=C\C/C=C\CCCCCCCCCCCC(=O)OC(COC(=O)CCCCCCCCCCCC)COP(=O)(O)OCCN. The Morgan fingerprint density at radius 2 is 1.00 bits per heavy atom. The van der Waals surface area contributed by atoms with E-state index in [1.165, 1.54) is 116 Å². The van der Waals surface area contributed by atoms with Gasteiger partial charge in [0.2, 0.25) is 0 Å². The van der Waals surface area contributed by atoms with Gasteiger partial charge in [0.15, 0.2) is 6.10 Å². The summed E-state index contributed by atoms with van der Waals surface area (Å²) in [5, 5.41) is 0. The third-order valence-electron chi connectivity index (χ3n) is 9.09. The third-order valence-corrected chi connectivity index (χ3v) is 10.1. The molecular formula is C42H80NO8P. The summed E-state index contributed by atoms with van der Waals surface area (Å²) in [6.45, 7) is 3.71. The summed E-state index contributed by atoms with van der Waals surface area (Å²) in [7, 11) is -4.37. The van der Waals surface area contributed by atoms with Crippen LogP contribution in [0.1, 0.15) is 200 Å². The molecule has 0 heterocycles. The number of unbranched alkanes of at least 4 members (excludes halogenated alkanes) is 23. The second-order valence-electron chi connectivity index (χ2n) is 14.2. The summed E-state index contributed by atoms with van der Waals surface area (Å²) in [5.41, 5.74) is 5.34. The Kier molecular flexibility index (Phi) is 38.1. The second kappa shape index (κ2) is 39.2. The van der Waals surface area contributed by atoms with Gasteiger partial charge in [-0.15, -0.1) is 0 Å². The van der Waals surface area contributed by atoms with Crippen molar-refractivity contribution in [1.82, 2.24) is 0 Å². The molecule has 0 aromatic rings. The largest absolute Gasteiger partial charge is 0.472 e. The number of phosphoric acid groups is 1. The maximum atomic E-state index is 12.6. The van der Waals surface area contributed by atoms with Crippen molar-refractivity contribution >= 4 is 19.8 Å². The molecule has 2 atom stereocenters. The van der Waals surface area contributed by atoms with Crippen molar-refractivity contribution in [3.8, 4) is 0 Å². The summed E-state index contributed by atoms with van der Waals surface area (Å²) in [5.74, 6) is -0.830. The molecule has 0 saturated heterocycles. The molecule has 3 N–H and O–H groups in total. The number of rotatable bonds is 40. The molecule has 0 aliphatic heterocycles. The number of carbonyl (C=O) groups excluding carboxylic acids is 2. The van der Waals surface area contributed by atoms with Gasteiger partial charge in [-0.3, -0.25) is 18.6 Å². The van der Waals surface area contributed by atoms with Gasteiger partial charge in [-0.2, -0.15) is 0 Å². The molecule has 0 aliphatic carbocycles. The summed E-state index contributed by atoms with van der Waals surface area (Å²) in [6.07, 6.45) is 40.7. The van der Waals surface area contributed by atoms with E-state index in [0.717, 1.165) is 51.4 Å². The fraction of sp³-hybridized carbons (Fsp3) is 0.857. The van der Waals surface area contributed by atoms with Crippen molar-refractivity contribution in [1.29, 1.82) is 0 Å². The lowest BCUT2D eigenvalue weighted by Gasteiger charge is -2.19. The highest BCUT2D eigenvalue weighted by molar-refractivity contribution is 7.47. The number of carbonyl (C=O) groups is 2. The maximum Gasteiger partial charge on any atom is 0.472 e. The molecule has 0 amide bonds. The molecular weight excluding hydrogens is 677 g/mol. The average molecular weight is 758 g/mol. The topological polar surface area (TPSA) is 134 Å². The minimum Gasteiger partial charge on any atom is -0.462 e. The molecule has 9 nitrogen and oxygen atoms in total. The Labute approximate surface area is 319 Å². The number of allylic oxidation sites excluding steroid dienone is 4. The number of ether oxygens (including phenoxy) is 2. The van der Waals surface area contributed by atoms with Crippen molar-refractivity contribution < 1.29 is 37.6 Å². The van der Waals surface area contributed by atoms with Gasteiger partial charge in [-0.05, 0) is 44.9 Å². The van der Waals surface area contributed by atoms with Crippen LogP contribution in [0.15, 0.2) is 24.3 Å². The van der Waals surface area contributed by atoms with Crippen molar-refractivity contribution in [3.63, 3.8) is 0 Å². The quantitative estimate of drug-likeness (QED) is 0.0271. The van der Waals surface area contributed by atoms with Crippen LogP contribution in [-0.4, -0.2) is 49.3 Å². The molecule has 0 saturated carbocycles. The maximum absolute atomic E-state index is 12.6. The van der Waals surface area contributed by atoms with Crippen LogP contribution in [0, 0.1) is 0 Å². The molecule has 0 radical (unpaired) electrons. The zero-order valence-corrected chi connectivity index (χ0v) is 34.4. The highest BCUT2D eigenvalue weighted by Crippen LogP contribution is 2.43. The van der Waals surface area contributed by atoms with E-state index in [9.17, 15) is 19.0 Å². The fourth-order valence-corrected chi connectivity index (χ4v) is 6.67. The summed E-state index contributed by atoms with van der Waals surface area (Å²) in [4.78, 5) is 34.8. The first kappa shape index (κ1) is 50.5. The van der Waals surface area contributed by atoms with E-state index < -0.39 is 26.5 Å². The van der Waals surface area contributed by atoms with Crippen molar-refractivity contribution in [2.75, 3.05) is 26.4 Å². The van der Waals surface area contributed by atoms with Crippen LogP contribution in [0.4, 0.5) is 0 Å². The molecule has 0 aliphatic rings. The van der Waals surface area contributed by atoms with Crippen LogP contribution in [0.25, 0.3) is 0 Å². The smallest absolute Gasteiger partial charge is 0.462 e. The first-order valence-electron chi connectivity index (χ1n) is 21.3. The van der Waals surface area contributed by atoms with Crippen LogP contribution in [0.2, 0.25) is 0 Å². The van der Waals surface area contributed by atoms with Crippen LogP contribution in [0.3, 0.4) is 0 Å². The molecule has 0 aromatic heterocycles. The Morgan fingerprint density at radius 3 is 1.46 bits per heavy atom. The fourth-order valence-electron chi connectivity index (χ4n) is 5.90. The van der Waals surface area contributed by atoms with E-state index >= 15 is 0 Å². The third kappa shape index (κ3) is 38.2. The van der Waals surface area contributed by atoms with Gasteiger partial charge >= 0.3 is 19.8 Å². The zero-order valence-electron chi connectivity index (χ0n) is 33.6. The van der Waals surface area contributed by atoms with Gasteiger partial charge in [0.1, 0.15) is 6.61 Å². The zero-order chi connectivity index (χ0) is 38.2. The standard InChI is InChI=1S/C42H80NO8P/c1-3-5-7-9-11-13-15-16-17-18-19-20-21-22-23-24-25-27-29-31-33-35-42(45)51-40(39-50-52(46,47)49-37-36-43)38-48-41(44)34-32-30-28-26-14-12-10-8-6-4-2/h15-16,18-19,40H,3-14,17,20-39,43H2,1-2H3,(H,46,47)/b16-15-,19-18-. The van der Waals surface area contributed by atoms with Crippen LogP contribution in [-0.2, 0) is 32.7 Å². The number of nitrogens with two attached hydrogens (primary N) is 1. The van der Waals surface area contributed by atoms with E-state index in [0.29, 0.717) is 6.42 Å². The first-order chi connectivity index (χ1) is 25.3. The van der Waals surface area contributed by atoms with Gasteiger partial charge in [0, 0.05) is 19.4 Å². The molecule has 0 fully saturated rings. The lowest BCUT2D eigenvalue weighted by atomic mass is 10.1. The van der Waals surface area contributed by atoms with E-state index in [1.54, 1.807) is 0 Å². The second-order valence-corrected chi connectivity index (χ2v) is 15.7.